The molecule has 4 N–H and O–H groups in total. The molecule has 0 saturated heterocycles. The molecular formula is C22H32N6. The van der Waals surface area contributed by atoms with Gasteiger partial charge in [-0.3, -0.25) is 0 Å². The number of anilines is 2. The second-order valence-corrected chi connectivity index (χ2v) is 7.59. The molecular weight excluding hydrogens is 348 g/mol. The number of nitrogens with zero attached hydrogens (tertiary/aromatic N) is 3. The van der Waals surface area contributed by atoms with E-state index < -0.39 is 0 Å². The number of benzene rings is 1. The van der Waals surface area contributed by atoms with Crippen molar-refractivity contribution < 1.29 is 0 Å². The van der Waals surface area contributed by atoms with E-state index in [0.717, 1.165) is 55.3 Å². The highest BCUT2D eigenvalue weighted by Gasteiger charge is 2.14. The van der Waals surface area contributed by atoms with Crippen molar-refractivity contribution in [1.29, 1.82) is 0 Å². The molecule has 150 valence electrons. The molecule has 0 spiro atoms. The standard InChI is InChI=1S/C22H32N6/c1-4-17(10-11-23)13-24-20-12-21(25-14-18-8-6-5-7-9-18)28-22(27-20)19(15-26-28)16(2)3/h5-9,12,15-17,25H,4,10-11,13-14,23H2,1-3H3,(H,24,27). The maximum absolute atomic E-state index is 5.74. The Labute approximate surface area is 167 Å². The van der Waals surface area contributed by atoms with Crippen molar-refractivity contribution in [2.75, 3.05) is 23.7 Å². The smallest absolute Gasteiger partial charge is 0.163 e. The third-order valence-corrected chi connectivity index (χ3v) is 5.16. The maximum atomic E-state index is 5.74. The predicted molar refractivity (Wildman–Crippen MR) is 117 cm³/mol. The molecule has 6 heteroatoms. The summed E-state index contributed by atoms with van der Waals surface area (Å²) < 4.78 is 1.90. The number of aromatic nitrogens is 3. The van der Waals surface area contributed by atoms with Crippen molar-refractivity contribution in [1.82, 2.24) is 14.6 Å². The Morgan fingerprint density at radius 2 is 1.93 bits per heavy atom. The lowest BCUT2D eigenvalue weighted by Gasteiger charge is -2.17. The van der Waals surface area contributed by atoms with E-state index in [4.69, 9.17) is 10.7 Å². The minimum absolute atomic E-state index is 0.364. The van der Waals surface area contributed by atoms with Crippen LogP contribution < -0.4 is 16.4 Å². The Morgan fingerprint density at radius 1 is 1.14 bits per heavy atom. The highest BCUT2D eigenvalue weighted by Crippen LogP contribution is 2.24. The fourth-order valence-corrected chi connectivity index (χ4v) is 3.33. The largest absolute Gasteiger partial charge is 0.370 e. The first-order valence-corrected chi connectivity index (χ1v) is 10.2. The van der Waals surface area contributed by atoms with Crippen LogP contribution in [0.5, 0.6) is 0 Å². The van der Waals surface area contributed by atoms with Crippen molar-refractivity contribution in [2.45, 2.75) is 46.1 Å². The number of hydrogen-bond donors (Lipinski definition) is 3. The van der Waals surface area contributed by atoms with E-state index in [1.165, 1.54) is 5.56 Å². The van der Waals surface area contributed by atoms with Crippen LogP contribution in [0.4, 0.5) is 11.6 Å². The summed E-state index contributed by atoms with van der Waals surface area (Å²) in [6.45, 7) is 8.88. The number of fused-ring (bicyclic) bond motifs is 1. The van der Waals surface area contributed by atoms with Crippen molar-refractivity contribution in [2.24, 2.45) is 11.7 Å². The van der Waals surface area contributed by atoms with Crippen LogP contribution in [0.1, 0.15) is 50.7 Å². The summed E-state index contributed by atoms with van der Waals surface area (Å²) in [7, 11) is 0. The number of rotatable bonds is 10. The molecule has 0 aliphatic heterocycles. The summed E-state index contributed by atoms with van der Waals surface area (Å²) in [6.07, 6.45) is 4.05. The van der Waals surface area contributed by atoms with E-state index in [9.17, 15) is 0 Å². The molecule has 0 aliphatic carbocycles. The quantitative estimate of drug-likeness (QED) is 0.490. The Bertz CT molecular complexity index is 871. The lowest BCUT2D eigenvalue weighted by molar-refractivity contribution is 0.501. The van der Waals surface area contributed by atoms with Gasteiger partial charge in [0.05, 0.1) is 6.20 Å². The van der Waals surface area contributed by atoms with Crippen molar-refractivity contribution in [3.63, 3.8) is 0 Å². The van der Waals surface area contributed by atoms with Gasteiger partial charge in [0.2, 0.25) is 0 Å². The van der Waals surface area contributed by atoms with E-state index in [0.29, 0.717) is 11.8 Å². The summed E-state index contributed by atoms with van der Waals surface area (Å²) in [5.74, 6) is 2.73. The van der Waals surface area contributed by atoms with Gasteiger partial charge < -0.3 is 16.4 Å². The van der Waals surface area contributed by atoms with Crippen LogP contribution in [0.15, 0.2) is 42.6 Å². The van der Waals surface area contributed by atoms with E-state index in [-0.39, 0.29) is 0 Å². The molecule has 3 rings (SSSR count). The van der Waals surface area contributed by atoms with Crippen LogP contribution in [0.3, 0.4) is 0 Å². The number of nitrogens with two attached hydrogens (primary N) is 1. The first-order chi connectivity index (χ1) is 13.6. The van der Waals surface area contributed by atoms with E-state index in [1.54, 1.807) is 0 Å². The van der Waals surface area contributed by atoms with Crippen LogP contribution in [0.2, 0.25) is 0 Å². The fraction of sp³-hybridized carbons (Fsp3) is 0.455. The molecule has 28 heavy (non-hydrogen) atoms. The van der Waals surface area contributed by atoms with Crippen molar-refractivity contribution in [3.05, 3.63) is 53.7 Å². The zero-order valence-electron chi connectivity index (χ0n) is 17.2. The Morgan fingerprint density at radius 3 is 2.61 bits per heavy atom. The minimum atomic E-state index is 0.364. The zero-order chi connectivity index (χ0) is 19.9. The number of hydrogen-bond acceptors (Lipinski definition) is 5. The van der Waals surface area contributed by atoms with Crippen LogP contribution in [-0.4, -0.2) is 27.7 Å². The molecule has 0 saturated carbocycles. The van der Waals surface area contributed by atoms with E-state index in [2.05, 4.69) is 60.8 Å². The summed E-state index contributed by atoms with van der Waals surface area (Å²) in [6, 6.07) is 12.4. The molecule has 0 radical (unpaired) electrons. The molecule has 0 fully saturated rings. The van der Waals surface area contributed by atoms with Crippen LogP contribution >= 0.6 is 0 Å². The second-order valence-electron chi connectivity index (χ2n) is 7.59. The monoisotopic (exact) mass is 380 g/mol. The maximum Gasteiger partial charge on any atom is 0.163 e. The minimum Gasteiger partial charge on any atom is -0.370 e. The van der Waals surface area contributed by atoms with Gasteiger partial charge >= 0.3 is 0 Å². The highest BCUT2D eigenvalue weighted by atomic mass is 15.3. The third kappa shape index (κ3) is 4.81. The molecule has 1 atom stereocenters. The van der Waals surface area contributed by atoms with Gasteiger partial charge in [0.1, 0.15) is 11.6 Å². The third-order valence-electron chi connectivity index (χ3n) is 5.16. The topological polar surface area (TPSA) is 80.3 Å². The summed E-state index contributed by atoms with van der Waals surface area (Å²) in [4.78, 5) is 4.86. The first-order valence-electron chi connectivity index (χ1n) is 10.2. The Balaban J connectivity index is 1.87. The first kappa shape index (κ1) is 20.1. The van der Waals surface area contributed by atoms with Crippen molar-refractivity contribution >= 4 is 17.3 Å². The average molecular weight is 381 g/mol. The summed E-state index contributed by atoms with van der Waals surface area (Å²) in [5, 5.41) is 11.6. The van der Waals surface area contributed by atoms with Crippen LogP contribution in [0, 0.1) is 5.92 Å². The summed E-state index contributed by atoms with van der Waals surface area (Å²) >= 11 is 0. The zero-order valence-corrected chi connectivity index (χ0v) is 17.2. The van der Waals surface area contributed by atoms with Crippen LogP contribution in [-0.2, 0) is 6.54 Å². The molecule has 0 bridgehead atoms. The van der Waals surface area contributed by atoms with Gasteiger partial charge in [-0.05, 0) is 30.4 Å². The van der Waals surface area contributed by atoms with Gasteiger partial charge in [0.25, 0.3) is 0 Å². The molecule has 2 heterocycles. The molecule has 2 aromatic heterocycles. The molecule has 3 aromatic rings. The molecule has 0 amide bonds. The normalized spacial score (nSPS) is 12.5. The molecule has 6 nitrogen and oxygen atoms in total. The highest BCUT2D eigenvalue weighted by molar-refractivity contribution is 5.61. The van der Waals surface area contributed by atoms with Gasteiger partial charge in [0.15, 0.2) is 5.65 Å². The van der Waals surface area contributed by atoms with Gasteiger partial charge in [-0.15, -0.1) is 0 Å². The lowest BCUT2D eigenvalue weighted by Crippen LogP contribution is -2.18. The average Bonchev–Trinajstić information content (AvgIpc) is 3.14. The Kier molecular flexibility index (Phi) is 6.87. The molecule has 1 aromatic carbocycles. The van der Waals surface area contributed by atoms with Gasteiger partial charge in [-0.25, -0.2) is 4.98 Å². The predicted octanol–water partition coefficient (Wildman–Crippen LogP) is 4.25. The molecule has 0 aliphatic rings. The van der Waals surface area contributed by atoms with Gasteiger partial charge in [-0.1, -0.05) is 57.5 Å². The van der Waals surface area contributed by atoms with Gasteiger partial charge in [-0.2, -0.15) is 9.61 Å². The van der Waals surface area contributed by atoms with Gasteiger partial charge in [0, 0.05) is 24.7 Å². The van der Waals surface area contributed by atoms with E-state index >= 15 is 0 Å². The van der Waals surface area contributed by atoms with Crippen LogP contribution in [0.25, 0.3) is 5.65 Å². The summed E-state index contributed by atoms with van der Waals surface area (Å²) in [5.41, 5.74) is 9.03. The molecule has 1 unspecified atom stereocenters. The van der Waals surface area contributed by atoms with Crippen molar-refractivity contribution in [3.8, 4) is 0 Å². The Hall–Kier alpha value is -2.60. The second kappa shape index (κ2) is 9.55. The lowest BCUT2D eigenvalue weighted by atomic mass is 10.0. The van der Waals surface area contributed by atoms with E-state index in [1.807, 2.05) is 22.8 Å². The fourth-order valence-electron chi connectivity index (χ4n) is 3.33. The number of nitrogens with one attached hydrogen (secondary N) is 2. The SMILES string of the molecule is CCC(CCN)CNc1cc(NCc2ccccc2)n2ncc(C(C)C)c2n1.